The molecule has 0 radical (unpaired) electrons. The Kier molecular flexibility index (Phi) is 5.38. The van der Waals surface area contributed by atoms with Gasteiger partial charge in [0.2, 0.25) is 0 Å². The van der Waals surface area contributed by atoms with Crippen LogP contribution in [0, 0.1) is 17.2 Å². The lowest BCUT2D eigenvalue weighted by Crippen LogP contribution is -2.43. The molecular formula is C20H25N5O. The average Bonchev–Trinajstić information content (AvgIpc) is 3.07. The Morgan fingerprint density at radius 1 is 1.35 bits per heavy atom. The predicted octanol–water partition coefficient (Wildman–Crippen LogP) is 2.45. The molecule has 1 aliphatic heterocycles. The SMILES string of the molecule is CN(C[C@@H]1CCCN(C)[C@H]1c1cncn1C)C(=O)c1ccc(C#N)cc1. The second-order valence-electron chi connectivity index (χ2n) is 7.13. The van der Waals surface area contributed by atoms with Crippen molar-refractivity contribution in [2.45, 2.75) is 18.9 Å². The van der Waals surface area contributed by atoms with E-state index in [4.69, 9.17) is 5.26 Å². The molecule has 3 rings (SSSR count). The number of hydrogen-bond acceptors (Lipinski definition) is 4. The van der Waals surface area contributed by atoms with Crippen molar-refractivity contribution in [1.29, 1.82) is 5.26 Å². The lowest BCUT2D eigenvalue weighted by atomic mass is 9.87. The van der Waals surface area contributed by atoms with Gasteiger partial charge in [-0.2, -0.15) is 5.26 Å². The van der Waals surface area contributed by atoms with Gasteiger partial charge in [-0.15, -0.1) is 0 Å². The molecule has 1 fully saturated rings. The van der Waals surface area contributed by atoms with Crippen LogP contribution in [0.2, 0.25) is 0 Å². The molecule has 0 bridgehead atoms. The van der Waals surface area contributed by atoms with E-state index in [0.717, 1.165) is 19.4 Å². The molecule has 2 heterocycles. The third-order valence-electron chi connectivity index (χ3n) is 5.28. The van der Waals surface area contributed by atoms with E-state index in [-0.39, 0.29) is 11.9 Å². The molecule has 0 spiro atoms. The minimum atomic E-state index is -0.00790. The van der Waals surface area contributed by atoms with Crippen molar-refractivity contribution in [3.8, 4) is 6.07 Å². The minimum Gasteiger partial charge on any atom is -0.341 e. The number of carbonyl (C=O) groups excluding carboxylic acids is 1. The first kappa shape index (κ1) is 18.2. The molecule has 1 amide bonds. The topological polar surface area (TPSA) is 65.2 Å². The molecule has 26 heavy (non-hydrogen) atoms. The Hall–Kier alpha value is -2.65. The van der Waals surface area contributed by atoms with E-state index < -0.39 is 0 Å². The first-order valence-corrected chi connectivity index (χ1v) is 8.93. The number of carbonyl (C=O) groups is 1. The van der Waals surface area contributed by atoms with Crippen molar-refractivity contribution in [2.75, 3.05) is 27.2 Å². The van der Waals surface area contributed by atoms with Crippen LogP contribution >= 0.6 is 0 Å². The Bertz CT molecular complexity index is 804. The molecule has 1 aromatic heterocycles. The van der Waals surface area contributed by atoms with Crippen molar-refractivity contribution < 1.29 is 4.79 Å². The monoisotopic (exact) mass is 351 g/mol. The average molecular weight is 351 g/mol. The van der Waals surface area contributed by atoms with E-state index in [1.54, 1.807) is 29.2 Å². The van der Waals surface area contributed by atoms with Crippen LogP contribution in [-0.2, 0) is 7.05 Å². The molecule has 0 aliphatic carbocycles. The number of rotatable bonds is 4. The normalized spacial score (nSPS) is 20.5. The summed E-state index contributed by atoms with van der Waals surface area (Å²) in [4.78, 5) is 21.2. The molecule has 2 atom stereocenters. The van der Waals surface area contributed by atoms with Crippen LogP contribution in [-0.4, -0.2) is 52.4 Å². The van der Waals surface area contributed by atoms with Crippen molar-refractivity contribution in [1.82, 2.24) is 19.4 Å². The zero-order valence-corrected chi connectivity index (χ0v) is 15.6. The lowest BCUT2D eigenvalue weighted by Gasteiger charge is -2.40. The summed E-state index contributed by atoms with van der Waals surface area (Å²) in [6.07, 6.45) is 5.99. The van der Waals surface area contributed by atoms with Crippen LogP contribution < -0.4 is 0 Å². The summed E-state index contributed by atoms with van der Waals surface area (Å²) in [6.45, 7) is 1.75. The second kappa shape index (κ2) is 7.71. The summed E-state index contributed by atoms with van der Waals surface area (Å²) >= 11 is 0. The predicted molar refractivity (Wildman–Crippen MR) is 99.4 cm³/mol. The lowest BCUT2D eigenvalue weighted by molar-refractivity contribution is 0.0632. The summed E-state index contributed by atoms with van der Waals surface area (Å²) in [5, 5.41) is 8.90. The number of amides is 1. The van der Waals surface area contributed by atoms with Crippen molar-refractivity contribution >= 4 is 5.91 Å². The standard InChI is InChI=1S/C20H25N5O/c1-23-10-4-5-17(19(23)18-12-22-14-25(18)3)13-24(2)20(26)16-8-6-15(11-21)7-9-16/h6-9,12,14,17,19H,4-5,10,13H2,1-3H3/t17-,19+/m0/s1. The van der Waals surface area contributed by atoms with Crippen molar-refractivity contribution in [3.05, 3.63) is 53.6 Å². The molecule has 0 unspecified atom stereocenters. The van der Waals surface area contributed by atoms with E-state index in [0.29, 0.717) is 23.6 Å². The highest BCUT2D eigenvalue weighted by Gasteiger charge is 2.33. The Labute approximate surface area is 154 Å². The number of aryl methyl sites for hydroxylation is 1. The molecule has 136 valence electrons. The van der Waals surface area contributed by atoms with Gasteiger partial charge in [0.15, 0.2) is 0 Å². The van der Waals surface area contributed by atoms with E-state index in [9.17, 15) is 4.79 Å². The summed E-state index contributed by atoms with van der Waals surface area (Å²) in [7, 11) is 6.02. The summed E-state index contributed by atoms with van der Waals surface area (Å²) in [6, 6.07) is 9.16. The van der Waals surface area contributed by atoms with Crippen LogP contribution in [0.5, 0.6) is 0 Å². The van der Waals surface area contributed by atoms with Gasteiger partial charge in [-0.05, 0) is 56.6 Å². The van der Waals surface area contributed by atoms with Gasteiger partial charge in [0.25, 0.3) is 5.91 Å². The van der Waals surface area contributed by atoms with E-state index >= 15 is 0 Å². The van der Waals surface area contributed by atoms with Gasteiger partial charge in [0.05, 0.1) is 29.7 Å². The Morgan fingerprint density at radius 3 is 2.69 bits per heavy atom. The third-order valence-corrected chi connectivity index (χ3v) is 5.28. The van der Waals surface area contributed by atoms with Gasteiger partial charge < -0.3 is 9.47 Å². The molecule has 6 heteroatoms. The number of piperidine rings is 1. The maximum absolute atomic E-state index is 12.8. The van der Waals surface area contributed by atoms with Gasteiger partial charge in [0, 0.05) is 32.4 Å². The van der Waals surface area contributed by atoms with Crippen LogP contribution in [0.4, 0.5) is 0 Å². The zero-order chi connectivity index (χ0) is 18.7. The molecule has 0 N–H and O–H groups in total. The molecule has 0 saturated carbocycles. The van der Waals surface area contributed by atoms with Crippen LogP contribution in [0.15, 0.2) is 36.8 Å². The smallest absolute Gasteiger partial charge is 0.253 e. The Balaban J connectivity index is 1.75. The number of benzene rings is 1. The number of aromatic nitrogens is 2. The maximum Gasteiger partial charge on any atom is 0.253 e. The molecule has 2 aromatic rings. The maximum atomic E-state index is 12.8. The quantitative estimate of drug-likeness (QED) is 0.849. The van der Waals surface area contributed by atoms with Crippen LogP contribution in [0.3, 0.4) is 0 Å². The van der Waals surface area contributed by atoms with E-state index in [1.807, 2.05) is 26.6 Å². The fourth-order valence-corrected chi connectivity index (χ4v) is 3.91. The molecule has 1 saturated heterocycles. The van der Waals surface area contributed by atoms with E-state index in [1.165, 1.54) is 5.69 Å². The first-order valence-electron chi connectivity index (χ1n) is 8.93. The minimum absolute atomic E-state index is 0.00790. The van der Waals surface area contributed by atoms with Gasteiger partial charge in [0.1, 0.15) is 0 Å². The molecule has 1 aliphatic rings. The molecule has 6 nitrogen and oxygen atoms in total. The number of likely N-dealkylation sites (tertiary alicyclic amines) is 1. The number of imidazole rings is 1. The second-order valence-corrected chi connectivity index (χ2v) is 7.13. The van der Waals surface area contributed by atoms with Gasteiger partial charge in [-0.3, -0.25) is 9.69 Å². The number of hydrogen-bond donors (Lipinski definition) is 0. The number of nitrogens with zero attached hydrogens (tertiary/aromatic N) is 5. The Morgan fingerprint density at radius 2 is 2.08 bits per heavy atom. The zero-order valence-electron chi connectivity index (χ0n) is 15.6. The van der Waals surface area contributed by atoms with Gasteiger partial charge in [-0.1, -0.05) is 0 Å². The van der Waals surface area contributed by atoms with Gasteiger partial charge in [-0.25, -0.2) is 4.98 Å². The highest BCUT2D eigenvalue weighted by Crippen LogP contribution is 2.35. The molecule has 1 aromatic carbocycles. The van der Waals surface area contributed by atoms with Crippen LogP contribution in [0.1, 0.15) is 40.5 Å². The highest BCUT2D eigenvalue weighted by molar-refractivity contribution is 5.94. The van der Waals surface area contributed by atoms with Gasteiger partial charge >= 0.3 is 0 Å². The summed E-state index contributed by atoms with van der Waals surface area (Å²) in [5.41, 5.74) is 2.37. The van der Waals surface area contributed by atoms with E-state index in [2.05, 4.69) is 27.6 Å². The summed E-state index contributed by atoms with van der Waals surface area (Å²) < 4.78 is 2.07. The molecular weight excluding hydrogens is 326 g/mol. The van der Waals surface area contributed by atoms with Crippen molar-refractivity contribution in [2.24, 2.45) is 13.0 Å². The fraction of sp³-hybridized carbons (Fsp3) is 0.450. The number of nitriles is 1. The van der Waals surface area contributed by atoms with Crippen LogP contribution in [0.25, 0.3) is 0 Å². The highest BCUT2D eigenvalue weighted by atomic mass is 16.2. The summed E-state index contributed by atoms with van der Waals surface area (Å²) in [5.74, 6) is 0.350. The third kappa shape index (κ3) is 3.63. The first-order chi connectivity index (χ1) is 12.5. The van der Waals surface area contributed by atoms with Crippen molar-refractivity contribution in [3.63, 3.8) is 0 Å². The largest absolute Gasteiger partial charge is 0.341 e. The fourth-order valence-electron chi connectivity index (χ4n) is 3.91.